The Hall–Kier alpha value is -3.16. The van der Waals surface area contributed by atoms with E-state index in [0.717, 1.165) is 23.4 Å². The van der Waals surface area contributed by atoms with Crippen LogP contribution in [-0.4, -0.2) is 32.5 Å². The number of fused-ring (bicyclic) bond motifs is 1. The Balaban J connectivity index is 1.46. The molecule has 2 amide bonds. The van der Waals surface area contributed by atoms with Crippen LogP contribution in [0.25, 0.3) is 0 Å². The summed E-state index contributed by atoms with van der Waals surface area (Å²) in [5, 5.41) is 5.31. The van der Waals surface area contributed by atoms with E-state index in [9.17, 15) is 18.4 Å². The van der Waals surface area contributed by atoms with Crippen molar-refractivity contribution in [1.82, 2.24) is 0 Å². The monoisotopic (exact) mass is 403 g/mol. The van der Waals surface area contributed by atoms with Gasteiger partial charge in [-0.1, -0.05) is 0 Å². The molecule has 0 unspecified atom stereocenters. The van der Waals surface area contributed by atoms with Crippen molar-refractivity contribution < 1.29 is 23.1 Å². The van der Waals surface area contributed by atoms with Gasteiger partial charge in [0, 0.05) is 38.3 Å². The molecule has 0 radical (unpaired) electrons. The van der Waals surface area contributed by atoms with Crippen molar-refractivity contribution >= 4 is 28.9 Å². The second-order valence-electron chi connectivity index (χ2n) is 7.05. The van der Waals surface area contributed by atoms with E-state index in [-0.39, 0.29) is 29.6 Å². The lowest BCUT2D eigenvalue weighted by Gasteiger charge is -2.17. The molecule has 0 bridgehead atoms. The van der Waals surface area contributed by atoms with E-state index in [2.05, 4.69) is 10.6 Å². The van der Waals surface area contributed by atoms with Crippen LogP contribution in [0.1, 0.15) is 24.8 Å². The molecule has 1 aliphatic heterocycles. The number of rotatable bonds is 7. The minimum absolute atomic E-state index is 0.00768. The first kappa shape index (κ1) is 20.6. The molecule has 0 atom stereocenters. The zero-order chi connectivity index (χ0) is 21.0. The predicted molar refractivity (Wildman–Crippen MR) is 107 cm³/mol. The largest absolute Gasteiger partial charge is 0.494 e. The number of ether oxygens (including phenoxy) is 1. The van der Waals surface area contributed by atoms with Crippen molar-refractivity contribution in [2.45, 2.75) is 25.7 Å². The number of benzene rings is 2. The summed E-state index contributed by atoms with van der Waals surface area (Å²) in [6.07, 6.45) is 1.72. The number of amides is 2. The van der Waals surface area contributed by atoms with Crippen molar-refractivity contribution in [3.63, 3.8) is 0 Å². The van der Waals surface area contributed by atoms with Gasteiger partial charge in [0.1, 0.15) is 11.4 Å². The molecule has 0 aromatic heterocycles. The minimum atomic E-state index is -0.739. The van der Waals surface area contributed by atoms with Gasteiger partial charge in [-0.25, -0.2) is 8.78 Å². The third kappa shape index (κ3) is 5.22. The molecule has 0 aliphatic carbocycles. The minimum Gasteiger partial charge on any atom is -0.494 e. The first-order valence-electron chi connectivity index (χ1n) is 9.35. The second kappa shape index (κ2) is 8.89. The molecule has 3 rings (SSSR count). The molecule has 154 valence electrons. The zero-order valence-corrected chi connectivity index (χ0v) is 16.4. The first-order valence-corrected chi connectivity index (χ1v) is 9.35. The molecular weight excluding hydrogens is 380 g/mol. The molecule has 1 heterocycles. The number of hydrogen-bond acceptors (Lipinski definition) is 4. The Kier molecular flexibility index (Phi) is 6.31. The molecule has 6 nitrogen and oxygen atoms in total. The fraction of sp³-hybridized carbons (Fsp3) is 0.333. The Morgan fingerprint density at radius 3 is 2.59 bits per heavy atom. The lowest BCUT2D eigenvalue weighted by molar-refractivity contribution is -0.117. The summed E-state index contributed by atoms with van der Waals surface area (Å²) in [5.74, 6) is -1.15. The predicted octanol–water partition coefficient (Wildman–Crippen LogP) is 3.71. The van der Waals surface area contributed by atoms with Crippen LogP contribution >= 0.6 is 0 Å². The van der Waals surface area contributed by atoms with Gasteiger partial charge in [0.15, 0.2) is 11.6 Å². The Morgan fingerprint density at radius 1 is 1.17 bits per heavy atom. The van der Waals surface area contributed by atoms with E-state index in [1.165, 1.54) is 4.90 Å². The second-order valence-corrected chi connectivity index (χ2v) is 7.05. The van der Waals surface area contributed by atoms with Crippen molar-refractivity contribution in [2.24, 2.45) is 0 Å². The normalized spacial score (nSPS) is 12.8. The summed E-state index contributed by atoms with van der Waals surface area (Å²) in [4.78, 5) is 24.7. The van der Waals surface area contributed by atoms with Crippen LogP contribution in [0.2, 0.25) is 0 Å². The average Bonchev–Trinajstić information content (AvgIpc) is 2.64. The number of nitrogens with one attached hydrogen (secondary N) is 2. The summed E-state index contributed by atoms with van der Waals surface area (Å²) in [6, 6.07) is 7.64. The SMILES string of the molecule is CN(C)c1c(F)cc(NC(=O)CCCOc2ccc3c(c2)CCC(=O)N3)cc1F. The zero-order valence-electron chi connectivity index (χ0n) is 16.4. The van der Waals surface area contributed by atoms with Crippen LogP contribution in [-0.2, 0) is 16.0 Å². The summed E-state index contributed by atoms with van der Waals surface area (Å²) in [6.45, 7) is 0.320. The highest BCUT2D eigenvalue weighted by Gasteiger charge is 2.16. The number of hydrogen-bond donors (Lipinski definition) is 2. The Bertz CT molecular complexity index is 908. The van der Waals surface area contributed by atoms with Gasteiger partial charge in [0.2, 0.25) is 11.8 Å². The van der Waals surface area contributed by atoms with Crippen LogP contribution in [0.4, 0.5) is 25.8 Å². The topological polar surface area (TPSA) is 70.7 Å². The van der Waals surface area contributed by atoms with Gasteiger partial charge in [-0.05, 0) is 48.7 Å². The number of aryl methyl sites for hydroxylation is 1. The molecular formula is C21H23F2N3O3. The number of halogens is 2. The number of carbonyl (C=O) groups is 2. The summed E-state index contributed by atoms with van der Waals surface area (Å²) < 4.78 is 33.6. The van der Waals surface area contributed by atoms with E-state index >= 15 is 0 Å². The Labute approximate surface area is 167 Å². The van der Waals surface area contributed by atoms with Crippen molar-refractivity contribution in [1.29, 1.82) is 0 Å². The van der Waals surface area contributed by atoms with Gasteiger partial charge < -0.3 is 20.3 Å². The van der Waals surface area contributed by atoms with Gasteiger partial charge in [0.25, 0.3) is 0 Å². The maximum atomic E-state index is 14.0. The molecule has 2 N–H and O–H groups in total. The number of carbonyl (C=O) groups excluding carboxylic acids is 2. The molecule has 2 aromatic carbocycles. The third-order valence-corrected chi connectivity index (χ3v) is 4.54. The molecule has 1 aliphatic rings. The fourth-order valence-electron chi connectivity index (χ4n) is 3.16. The third-order valence-electron chi connectivity index (χ3n) is 4.54. The van der Waals surface area contributed by atoms with E-state index in [1.54, 1.807) is 26.2 Å². The molecule has 29 heavy (non-hydrogen) atoms. The maximum Gasteiger partial charge on any atom is 0.224 e. The molecule has 0 spiro atoms. The van der Waals surface area contributed by atoms with Crippen LogP contribution in [0, 0.1) is 11.6 Å². The van der Waals surface area contributed by atoms with E-state index < -0.39 is 11.6 Å². The summed E-state index contributed by atoms with van der Waals surface area (Å²) in [7, 11) is 3.08. The molecule has 0 saturated carbocycles. The lowest BCUT2D eigenvalue weighted by atomic mass is 10.0. The molecule has 0 fully saturated rings. The van der Waals surface area contributed by atoms with Gasteiger partial charge in [-0.2, -0.15) is 0 Å². The Morgan fingerprint density at radius 2 is 1.90 bits per heavy atom. The smallest absolute Gasteiger partial charge is 0.224 e. The number of nitrogens with zero attached hydrogens (tertiary/aromatic N) is 1. The highest BCUT2D eigenvalue weighted by molar-refractivity contribution is 5.94. The van der Waals surface area contributed by atoms with Gasteiger partial charge >= 0.3 is 0 Å². The van der Waals surface area contributed by atoms with Crippen LogP contribution in [0.15, 0.2) is 30.3 Å². The van der Waals surface area contributed by atoms with Crippen LogP contribution in [0.3, 0.4) is 0 Å². The summed E-state index contributed by atoms with van der Waals surface area (Å²) >= 11 is 0. The van der Waals surface area contributed by atoms with E-state index in [1.807, 2.05) is 6.07 Å². The van der Waals surface area contributed by atoms with Gasteiger partial charge in [0.05, 0.1) is 6.61 Å². The first-order chi connectivity index (χ1) is 13.8. The standard InChI is InChI=1S/C21H23F2N3O3/c1-26(2)21-16(22)11-14(12-17(21)23)24-19(27)4-3-9-29-15-6-7-18-13(10-15)5-8-20(28)25-18/h6-7,10-12H,3-5,8-9H2,1-2H3,(H,24,27)(H,25,28). The quantitative estimate of drug-likeness (QED) is 0.692. The van der Waals surface area contributed by atoms with Crippen LogP contribution in [0.5, 0.6) is 5.75 Å². The van der Waals surface area contributed by atoms with Crippen molar-refractivity contribution in [3.05, 3.63) is 47.5 Å². The summed E-state index contributed by atoms with van der Waals surface area (Å²) in [5.41, 5.74) is 1.74. The lowest BCUT2D eigenvalue weighted by Crippen LogP contribution is -2.18. The fourth-order valence-corrected chi connectivity index (χ4v) is 3.16. The van der Waals surface area contributed by atoms with Gasteiger partial charge in [-0.3, -0.25) is 9.59 Å². The molecule has 0 saturated heterocycles. The maximum absolute atomic E-state index is 14.0. The van der Waals surface area contributed by atoms with E-state index in [0.29, 0.717) is 31.6 Å². The molecule has 8 heteroatoms. The van der Waals surface area contributed by atoms with E-state index in [4.69, 9.17) is 4.74 Å². The highest BCUT2D eigenvalue weighted by Crippen LogP contribution is 2.27. The van der Waals surface area contributed by atoms with Crippen molar-refractivity contribution in [3.8, 4) is 5.75 Å². The van der Waals surface area contributed by atoms with Crippen LogP contribution < -0.4 is 20.3 Å². The number of anilines is 3. The molecule has 2 aromatic rings. The van der Waals surface area contributed by atoms with Crippen molar-refractivity contribution in [2.75, 3.05) is 36.2 Å². The van der Waals surface area contributed by atoms with Gasteiger partial charge in [-0.15, -0.1) is 0 Å². The average molecular weight is 403 g/mol. The highest BCUT2D eigenvalue weighted by atomic mass is 19.1.